The Kier molecular flexibility index (Phi) is 5.88. The molecule has 0 aliphatic carbocycles. The number of carbonyl (C=O) groups excluding carboxylic acids is 2. The summed E-state index contributed by atoms with van der Waals surface area (Å²) < 4.78 is 61.5. The SMILES string of the molecule is O=C(COC(=O)c1occc1CS(=O)(=O)c1ccccc1)c1cc(F)ccc1F. The van der Waals surface area contributed by atoms with Crippen molar-refractivity contribution in [2.24, 2.45) is 0 Å². The molecule has 0 spiro atoms. The van der Waals surface area contributed by atoms with Crippen molar-refractivity contribution in [3.05, 3.63) is 89.4 Å². The van der Waals surface area contributed by atoms with E-state index in [4.69, 9.17) is 9.15 Å². The molecule has 0 bridgehead atoms. The molecule has 0 saturated heterocycles. The Bertz CT molecular complexity index is 1150. The quantitative estimate of drug-likeness (QED) is 0.429. The van der Waals surface area contributed by atoms with Crippen LogP contribution in [0, 0.1) is 11.6 Å². The van der Waals surface area contributed by atoms with Crippen LogP contribution in [0.2, 0.25) is 0 Å². The second-order valence-corrected chi connectivity index (χ2v) is 7.96. The van der Waals surface area contributed by atoms with Gasteiger partial charge in [-0.1, -0.05) is 18.2 Å². The molecule has 1 aromatic heterocycles. The van der Waals surface area contributed by atoms with E-state index in [0.717, 1.165) is 18.4 Å². The summed E-state index contributed by atoms with van der Waals surface area (Å²) in [6, 6.07) is 11.2. The minimum atomic E-state index is -3.75. The lowest BCUT2D eigenvalue weighted by Crippen LogP contribution is -2.17. The highest BCUT2D eigenvalue weighted by Crippen LogP contribution is 2.21. The highest BCUT2D eigenvalue weighted by Gasteiger charge is 2.24. The summed E-state index contributed by atoms with van der Waals surface area (Å²) in [6.07, 6.45) is 1.11. The number of Topliss-reactive ketones (excluding diaryl/α,β-unsaturated/α-hetero) is 1. The Labute approximate surface area is 164 Å². The molecule has 9 heteroatoms. The zero-order valence-electron chi connectivity index (χ0n) is 14.8. The molecule has 2 aromatic carbocycles. The third kappa shape index (κ3) is 4.75. The van der Waals surface area contributed by atoms with E-state index in [-0.39, 0.29) is 10.5 Å². The number of hydrogen-bond donors (Lipinski definition) is 0. The first-order valence-corrected chi connectivity index (χ1v) is 9.93. The number of benzene rings is 2. The molecule has 3 rings (SSSR count). The standard InChI is InChI=1S/C20H14F2O6S/c21-14-6-7-17(22)16(10-14)18(23)11-28-20(24)19-13(8-9-27-19)12-29(25,26)15-4-2-1-3-5-15/h1-10H,11-12H2. The fourth-order valence-corrected chi connectivity index (χ4v) is 3.91. The number of furan rings is 1. The lowest BCUT2D eigenvalue weighted by Gasteiger charge is -2.06. The number of carbonyl (C=O) groups is 2. The zero-order chi connectivity index (χ0) is 21.0. The molecule has 0 N–H and O–H groups in total. The van der Waals surface area contributed by atoms with Gasteiger partial charge in [-0.2, -0.15) is 0 Å². The third-order valence-corrected chi connectivity index (χ3v) is 5.62. The summed E-state index contributed by atoms with van der Waals surface area (Å²) >= 11 is 0. The van der Waals surface area contributed by atoms with Crippen LogP contribution in [0.25, 0.3) is 0 Å². The molecule has 0 saturated carbocycles. The molecule has 6 nitrogen and oxygen atoms in total. The number of halogens is 2. The van der Waals surface area contributed by atoms with Crippen molar-refractivity contribution in [3.8, 4) is 0 Å². The van der Waals surface area contributed by atoms with Crippen LogP contribution in [-0.2, 0) is 20.3 Å². The Hall–Kier alpha value is -3.33. The van der Waals surface area contributed by atoms with E-state index in [9.17, 15) is 26.8 Å². The Morgan fingerprint density at radius 1 is 1.00 bits per heavy atom. The minimum absolute atomic E-state index is 0.0447. The highest BCUT2D eigenvalue weighted by molar-refractivity contribution is 7.90. The molecule has 3 aromatic rings. The number of esters is 1. The second-order valence-electron chi connectivity index (χ2n) is 5.97. The van der Waals surface area contributed by atoms with Crippen molar-refractivity contribution in [2.75, 3.05) is 6.61 Å². The predicted molar refractivity (Wildman–Crippen MR) is 97.0 cm³/mol. The summed E-state index contributed by atoms with van der Waals surface area (Å²) in [6.45, 7) is -0.870. The number of ketones is 1. The maximum Gasteiger partial charge on any atom is 0.374 e. The molecule has 0 unspecified atom stereocenters. The molecule has 29 heavy (non-hydrogen) atoms. The molecule has 0 amide bonds. The average Bonchev–Trinajstić information content (AvgIpc) is 3.16. The summed E-state index contributed by atoms with van der Waals surface area (Å²) in [7, 11) is -3.75. The number of rotatable bonds is 7. The van der Waals surface area contributed by atoms with Gasteiger partial charge >= 0.3 is 5.97 Å². The van der Waals surface area contributed by atoms with E-state index in [0.29, 0.717) is 6.07 Å². The van der Waals surface area contributed by atoms with Gasteiger partial charge in [-0.05, 0) is 36.4 Å². The fourth-order valence-electron chi connectivity index (χ4n) is 2.53. The predicted octanol–water partition coefficient (Wildman–Crippen LogP) is 3.57. The maximum atomic E-state index is 13.6. The van der Waals surface area contributed by atoms with Gasteiger partial charge in [0.05, 0.1) is 22.5 Å². The van der Waals surface area contributed by atoms with E-state index in [1.54, 1.807) is 18.2 Å². The summed E-state index contributed by atoms with van der Waals surface area (Å²) in [5, 5.41) is 0. The highest BCUT2D eigenvalue weighted by atomic mass is 32.2. The monoisotopic (exact) mass is 420 g/mol. The number of sulfone groups is 1. The van der Waals surface area contributed by atoms with Crippen LogP contribution in [0.5, 0.6) is 0 Å². The van der Waals surface area contributed by atoms with Crippen molar-refractivity contribution in [2.45, 2.75) is 10.6 Å². The van der Waals surface area contributed by atoms with Gasteiger partial charge < -0.3 is 9.15 Å². The van der Waals surface area contributed by atoms with Crippen LogP contribution in [-0.4, -0.2) is 26.8 Å². The van der Waals surface area contributed by atoms with Gasteiger partial charge in [0.1, 0.15) is 11.6 Å². The summed E-state index contributed by atoms with van der Waals surface area (Å²) in [5.74, 6) is -4.75. The van der Waals surface area contributed by atoms with Gasteiger partial charge in [-0.15, -0.1) is 0 Å². The van der Waals surface area contributed by atoms with Crippen LogP contribution < -0.4 is 0 Å². The molecule has 150 valence electrons. The molecule has 0 radical (unpaired) electrons. The van der Waals surface area contributed by atoms with Crippen molar-refractivity contribution >= 4 is 21.6 Å². The van der Waals surface area contributed by atoms with Gasteiger partial charge in [-0.25, -0.2) is 22.0 Å². The Morgan fingerprint density at radius 3 is 2.45 bits per heavy atom. The second kappa shape index (κ2) is 8.36. The van der Waals surface area contributed by atoms with E-state index >= 15 is 0 Å². The Morgan fingerprint density at radius 2 is 1.72 bits per heavy atom. The lowest BCUT2D eigenvalue weighted by molar-refractivity contribution is 0.0441. The molecule has 0 fully saturated rings. The number of hydrogen-bond acceptors (Lipinski definition) is 6. The molecular formula is C20H14F2O6S. The van der Waals surface area contributed by atoms with E-state index in [2.05, 4.69) is 0 Å². The topological polar surface area (TPSA) is 90.7 Å². The van der Waals surface area contributed by atoms with Crippen molar-refractivity contribution in [1.29, 1.82) is 0 Å². The summed E-state index contributed by atoms with van der Waals surface area (Å²) in [4.78, 5) is 24.3. The van der Waals surface area contributed by atoms with Gasteiger partial charge in [-0.3, -0.25) is 4.79 Å². The van der Waals surface area contributed by atoms with Crippen molar-refractivity contribution in [3.63, 3.8) is 0 Å². The molecule has 0 atom stereocenters. The van der Waals surface area contributed by atoms with Gasteiger partial charge in [0.25, 0.3) is 0 Å². The fraction of sp³-hybridized carbons (Fsp3) is 0.100. The first-order valence-electron chi connectivity index (χ1n) is 8.27. The minimum Gasteiger partial charge on any atom is -0.457 e. The Balaban J connectivity index is 1.71. The van der Waals surface area contributed by atoms with Gasteiger partial charge in [0.2, 0.25) is 11.5 Å². The van der Waals surface area contributed by atoms with Crippen LogP contribution in [0.3, 0.4) is 0 Å². The van der Waals surface area contributed by atoms with E-state index in [1.807, 2.05) is 0 Å². The maximum absolute atomic E-state index is 13.6. The van der Waals surface area contributed by atoms with Crippen LogP contribution in [0.1, 0.15) is 26.5 Å². The smallest absolute Gasteiger partial charge is 0.374 e. The normalized spacial score (nSPS) is 11.2. The van der Waals surface area contributed by atoms with Gasteiger partial charge in [0, 0.05) is 5.56 Å². The lowest BCUT2D eigenvalue weighted by atomic mass is 10.1. The van der Waals surface area contributed by atoms with Gasteiger partial charge in [0.15, 0.2) is 16.4 Å². The first kappa shape index (κ1) is 20.4. The van der Waals surface area contributed by atoms with Crippen LogP contribution in [0.15, 0.2) is 70.2 Å². The first-order chi connectivity index (χ1) is 13.8. The largest absolute Gasteiger partial charge is 0.457 e. The van der Waals surface area contributed by atoms with E-state index in [1.165, 1.54) is 18.2 Å². The molecule has 1 heterocycles. The number of ether oxygens (including phenoxy) is 1. The van der Waals surface area contributed by atoms with Crippen LogP contribution >= 0.6 is 0 Å². The third-order valence-electron chi connectivity index (χ3n) is 3.94. The average molecular weight is 420 g/mol. The summed E-state index contributed by atoms with van der Waals surface area (Å²) in [5.41, 5.74) is -0.521. The molecular weight excluding hydrogens is 406 g/mol. The molecule has 0 aliphatic heterocycles. The zero-order valence-corrected chi connectivity index (χ0v) is 15.6. The van der Waals surface area contributed by atoms with Crippen LogP contribution in [0.4, 0.5) is 8.78 Å². The van der Waals surface area contributed by atoms with Crippen molar-refractivity contribution in [1.82, 2.24) is 0 Å². The molecule has 0 aliphatic rings. The van der Waals surface area contributed by atoms with E-state index < -0.39 is 56.9 Å². The van der Waals surface area contributed by atoms with Crippen molar-refractivity contribution < 1.29 is 35.9 Å².